The lowest BCUT2D eigenvalue weighted by molar-refractivity contribution is -0.276. The van der Waals surface area contributed by atoms with Crippen molar-refractivity contribution in [1.82, 2.24) is 0 Å². The predicted octanol–water partition coefficient (Wildman–Crippen LogP) is 1.54. The Bertz CT molecular complexity index is 777. The summed E-state index contributed by atoms with van der Waals surface area (Å²) in [5, 5.41) is 20.6. The SMILES string of the molecule is C[C@@H]1O[C@H](O)[C@H](OC(=O)c2ccccc2)[C@@H](OC(=O)c2ccccc2)[C@@H]1O. The molecule has 7 heteroatoms. The highest BCUT2D eigenvalue weighted by molar-refractivity contribution is 5.90. The van der Waals surface area contributed by atoms with Crippen molar-refractivity contribution in [2.75, 3.05) is 0 Å². The third-order valence-corrected chi connectivity index (χ3v) is 4.28. The molecule has 2 aromatic rings. The number of rotatable bonds is 4. The van der Waals surface area contributed by atoms with Crippen molar-refractivity contribution < 1.29 is 34.0 Å². The van der Waals surface area contributed by atoms with Crippen LogP contribution in [-0.4, -0.2) is 52.9 Å². The summed E-state index contributed by atoms with van der Waals surface area (Å²) in [7, 11) is 0. The van der Waals surface area contributed by atoms with E-state index in [4.69, 9.17) is 14.2 Å². The summed E-state index contributed by atoms with van der Waals surface area (Å²) >= 11 is 0. The number of carbonyl (C=O) groups excluding carboxylic acids is 2. The van der Waals surface area contributed by atoms with Gasteiger partial charge in [0.1, 0.15) is 6.10 Å². The standard InChI is InChI=1S/C20H20O7/c1-12-15(21)16(26-18(22)13-8-4-2-5-9-13)17(20(24)25-12)27-19(23)14-10-6-3-7-11-14/h2-12,15-17,20-21,24H,1H3/t12-,15+,16-,17+,20-/m0/s1. The molecule has 27 heavy (non-hydrogen) atoms. The van der Waals surface area contributed by atoms with E-state index in [1.54, 1.807) is 60.7 Å². The molecule has 142 valence electrons. The summed E-state index contributed by atoms with van der Waals surface area (Å²) in [6.07, 6.45) is -6.32. The van der Waals surface area contributed by atoms with Crippen molar-refractivity contribution in [3.63, 3.8) is 0 Å². The molecule has 7 nitrogen and oxygen atoms in total. The summed E-state index contributed by atoms with van der Waals surface area (Å²) in [5.41, 5.74) is 0.525. The molecule has 0 saturated carbocycles. The molecule has 1 aliphatic heterocycles. The normalized spacial score (nSPS) is 27.6. The Morgan fingerprint density at radius 3 is 1.74 bits per heavy atom. The van der Waals surface area contributed by atoms with E-state index in [9.17, 15) is 19.8 Å². The molecule has 0 amide bonds. The fraction of sp³-hybridized carbons (Fsp3) is 0.300. The monoisotopic (exact) mass is 372 g/mol. The lowest BCUT2D eigenvalue weighted by Gasteiger charge is -2.40. The molecular formula is C20H20O7. The fourth-order valence-corrected chi connectivity index (χ4v) is 2.80. The average molecular weight is 372 g/mol. The number of benzene rings is 2. The minimum absolute atomic E-state index is 0.256. The molecule has 0 bridgehead atoms. The van der Waals surface area contributed by atoms with Crippen LogP contribution in [0.25, 0.3) is 0 Å². The lowest BCUT2D eigenvalue weighted by Crippen LogP contribution is -2.59. The first-order valence-corrected chi connectivity index (χ1v) is 8.51. The van der Waals surface area contributed by atoms with Gasteiger partial charge in [0, 0.05) is 0 Å². The van der Waals surface area contributed by atoms with Crippen LogP contribution in [0.5, 0.6) is 0 Å². The summed E-state index contributed by atoms with van der Waals surface area (Å²) in [4.78, 5) is 24.7. The van der Waals surface area contributed by atoms with E-state index < -0.39 is 42.6 Å². The second-order valence-electron chi connectivity index (χ2n) is 6.19. The molecule has 2 aromatic carbocycles. The summed E-state index contributed by atoms with van der Waals surface area (Å²) in [6.45, 7) is 1.52. The van der Waals surface area contributed by atoms with E-state index in [0.717, 1.165) is 0 Å². The molecule has 3 rings (SSSR count). The van der Waals surface area contributed by atoms with E-state index in [1.165, 1.54) is 6.92 Å². The number of aliphatic hydroxyl groups is 2. The summed E-state index contributed by atoms with van der Waals surface area (Å²) in [5.74, 6) is -1.44. The highest BCUT2D eigenvalue weighted by atomic mass is 16.7. The van der Waals surface area contributed by atoms with Crippen LogP contribution in [0.3, 0.4) is 0 Å². The summed E-state index contributed by atoms with van der Waals surface area (Å²) < 4.78 is 15.9. The highest BCUT2D eigenvalue weighted by Gasteiger charge is 2.48. The Balaban J connectivity index is 1.80. The van der Waals surface area contributed by atoms with Gasteiger partial charge in [-0.25, -0.2) is 9.59 Å². The zero-order valence-corrected chi connectivity index (χ0v) is 14.6. The van der Waals surface area contributed by atoms with Gasteiger partial charge in [-0.15, -0.1) is 0 Å². The van der Waals surface area contributed by atoms with E-state index >= 15 is 0 Å². The lowest BCUT2D eigenvalue weighted by atomic mass is 9.99. The van der Waals surface area contributed by atoms with E-state index in [1.807, 2.05) is 0 Å². The number of hydrogen-bond donors (Lipinski definition) is 2. The van der Waals surface area contributed by atoms with Crippen molar-refractivity contribution >= 4 is 11.9 Å². The molecule has 2 N–H and O–H groups in total. The van der Waals surface area contributed by atoms with Crippen LogP contribution in [0.2, 0.25) is 0 Å². The van der Waals surface area contributed by atoms with Crippen LogP contribution in [0.1, 0.15) is 27.6 Å². The van der Waals surface area contributed by atoms with Gasteiger partial charge < -0.3 is 24.4 Å². The van der Waals surface area contributed by atoms with E-state index in [-0.39, 0.29) is 11.1 Å². The maximum atomic E-state index is 12.4. The average Bonchev–Trinajstić information content (AvgIpc) is 2.69. The number of esters is 2. The predicted molar refractivity (Wildman–Crippen MR) is 93.9 cm³/mol. The third kappa shape index (κ3) is 4.33. The number of aliphatic hydroxyl groups excluding tert-OH is 2. The molecule has 1 saturated heterocycles. The first-order chi connectivity index (χ1) is 13.0. The van der Waals surface area contributed by atoms with Gasteiger partial charge in [0.15, 0.2) is 18.5 Å². The van der Waals surface area contributed by atoms with Crippen LogP contribution in [0.15, 0.2) is 60.7 Å². The molecule has 1 heterocycles. The van der Waals surface area contributed by atoms with Gasteiger partial charge in [-0.1, -0.05) is 36.4 Å². The second kappa shape index (κ2) is 8.30. The van der Waals surface area contributed by atoms with Gasteiger partial charge in [-0.2, -0.15) is 0 Å². The first kappa shape index (κ1) is 19.0. The van der Waals surface area contributed by atoms with Gasteiger partial charge in [0.05, 0.1) is 17.2 Å². The Kier molecular flexibility index (Phi) is 5.85. The zero-order chi connectivity index (χ0) is 19.4. The Labute approximate surface area is 156 Å². The Hall–Kier alpha value is -2.74. The minimum Gasteiger partial charge on any atom is -0.452 e. The maximum absolute atomic E-state index is 12.4. The second-order valence-corrected chi connectivity index (χ2v) is 6.19. The molecule has 0 aromatic heterocycles. The van der Waals surface area contributed by atoms with Crippen LogP contribution >= 0.6 is 0 Å². The largest absolute Gasteiger partial charge is 0.452 e. The van der Waals surface area contributed by atoms with Gasteiger partial charge in [0.25, 0.3) is 0 Å². The molecule has 1 fully saturated rings. The highest BCUT2D eigenvalue weighted by Crippen LogP contribution is 2.26. The maximum Gasteiger partial charge on any atom is 0.338 e. The first-order valence-electron chi connectivity index (χ1n) is 8.51. The van der Waals surface area contributed by atoms with Crippen molar-refractivity contribution in [3.05, 3.63) is 71.8 Å². The number of ether oxygens (including phenoxy) is 3. The van der Waals surface area contributed by atoms with Crippen molar-refractivity contribution in [2.24, 2.45) is 0 Å². The fourth-order valence-electron chi connectivity index (χ4n) is 2.80. The van der Waals surface area contributed by atoms with Crippen LogP contribution < -0.4 is 0 Å². The molecule has 0 aliphatic carbocycles. The smallest absolute Gasteiger partial charge is 0.338 e. The number of carbonyl (C=O) groups is 2. The van der Waals surface area contributed by atoms with Gasteiger partial charge >= 0.3 is 11.9 Å². The molecule has 0 unspecified atom stereocenters. The molecule has 0 radical (unpaired) electrons. The molecule has 5 atom stereocenters. The van der Waals surface area contributed by atoms with Crippen LogP contribution in [0, 0.1) is 0 Å². The van der Waals surface area contributed by atoms with Crippen molar-refractivity contribution in [3.8, 4) is 0 Å². The quantitative estimate of drug-likeness (QED) is 0.785. The molecular weight excluding hydrogens is 352 g/mol. The van der Waals surface area contributed by atoms with Crippen molar-refractivity contribution in [1.29, 1.82) is 0 Å². The van der Waals surface area contributed by atoms with E-state index in [2.05, 4.69) is 0 Å². The zero-order valence-electron chi connectivity index (χ0n) is 14.6. The van der Waals surface area contributed by atoms with Gasteiger partial charge in [0.2, 0.25) is 0 Å². The summed E-state index contributed by atoms with van der Waals surface area (Å²) in [6, 6.07) is 16.3. The molecule has 1 aliphatic rings. The van der Waals surface area contributed by atoms with Crippen LogP contribution in [-0.2, 0) is 14.2 Å². The minimum atomic E-state index is -1.55. The number of hydrogen-bond acceptors (Lipinski definition) is 7. The third-order valence-electron chi connectivity index (χ3n) is 4.28. The topological polar surface area (TPSA) is 102 Å². The van der Waals surface area contributed by atoms with Gasteiger partial charge in [-0.05, 0) is 31.2 Å². The van der Waals surface area contributed by atoms with E-state index in [0.29, 0.717) is 0 Å². The van der Waals surface area contributed by atoms with Crippen LogP contribution in [0.4, 0.5) is 0 Å². The Morgan fingerprint density at radius 1 is 0.815 bits per heavy atom. The molecule has 0 spiro atoms. The Morgan fingerprint density at radius 2 is 1.26 bits per heavy atom. The van der Waals surface area contributed by atoms with Crippen molar-refractivity contribution in [2.45, 2.75) is 37.6 Å². The van der Waals surface area contributed by atoms with Gasteiger partial charge in [-0.3, -0.25) is 0 Å².